The molecular weight excluding hydrogens is 245 g/mol. The first-order chi connectivity index (χ1) is 9.13. The fourth-order valence-electron chi connectivity index (χ4n) is 1.79. The van der Waals surface area contributed by atoms with Gasteiger partial charge in [0.25, 0.3) is 0 Å². The van der Waals surface area contributed by atoms with E-state index in [0.29, 0.717) is 18.2 Å². The zero-order valence-electron chi connectivity index (χ0n) is 11.0. The van der Waals surface area contributed by atoms with Gasteiger partial charge in [-0.25, -0.2) is 9.37 Å². The second-order valence-electron chi connectivity index (χ2n) is 4.12. The minimum atomic E-state index is -0.390. The second-order valence-corrected chi connectivity index (χ2v) is 4.12. The molecule has 0 aliphatic rings. The van der Waals surface area contributed by atoms with Crippen LogP contribution in [0.4, 0.5) is 16.0 Å². The Bertz CT molecular complexity index is 592. The second kappa shape index (κ2) is 5.56. The number of rotatable bonds is 5. The van der Waals surface area contributed by atoms with Crippen LogP contribution in [-0.2, 0) is 6.54 Å². The van der Waals surface area contributed by atoms with Crippen molar-refractivity contribution in [3.8, 4) is 5.75 Å². The number of imidazole rings is 1. The van der Waals surface area contributed by atoms with Crippen LogP contribution in [0.15, 0.2) is 37.1 Å². The van der Waals surface area contributed by atoms with E-state index in [4.69, 9.17) is 4.74 Å². The Hall–Kier alpha value is -2.30. The smallest absolute Gasteiger partial charge is 0.207 e. The van der Waals surface area contributed by atoms with Crippen molar-refractivity contribution in [2.75, 3.05) is 12.4 Å². The Kier molecular flexibility index (Phi) is 3.85. The number of halogens is 1. The number of aryl methyl sites for hydroxylation is 1. The van der Waals surface area contributed by atoms with Crippen molar-refractivity contribution >= 4 is 11.6 Å². The summed E-state index contributed by atoms with van der Waals surface area (Å²) in [6, 6.07) is 4.59. The topological polar surface area (TPSA) is 39.1 Å². The maximum absolute atomic E-state index is 13.3. The van der Waals surface area contributed by atoms with E-state index in [2.05, 4.69) is 16.9 Å². The van der Waals surface area contributed by atoms with Crippen LogP contribution in [0.1, 0.15) is 5.69 Å². The Morgan fingerprint density at radius 3 is 3.00 bits per heavy atom. The first-order valence-corrected chi connectivity index (χ1v) is 5.89. The average Bonchev–Trinajstić information content (AvgIpc) is 2.72. The molecular formula is C14H16FN3O. The number of ether oxygens (including phenoxy) is 1. The number of nitrogens with zero attached hydrogens (tertiary/aromatic N) is 2. The Labute approximate surface area is 111 Å². The van der Waals surface area contributed by atoms with E-state index in [1.807, 2.05) is 17.7 Å². The fraction of sp³-hybridized carbons (Fsp3) is 0.214. The molecule has 2 rings (SSSR count). The van der Waals surface area contributed by atoms with E-state index in [1.54, 1.807) is 18.2 Å². The number of nitrogens with one attached hydrogen (secondary N) is 1. The molecule has 1 aromatic heterocycles. The normalized spacial score (nSPS) is 10.3. The number of aromatic nitrogens is 2. The summed E-state index contributed by atoms with van der Waals surface area (Å²) in [6.07, 6.45) is 3.71. The summed E-state index contributed by atoms with van der Waals surface area (Å²) in [5.74, 6) is 0.494. The van der Waals surface area contributed by atoms with Crippen LogP contribution >= 0.6 is 0 Å². The summed E-state index contributed by atoms with van der Waals surface area (Å²) in [4.78, 5) is 4.37. The number of anilines is 2. The summed E-state index contributed by atoms with van der Waals surface area (Å²) in [6.45, 7) is 6.27. The lowest BCUT2D eigenvalue weighted by Crippen LogP contribution is -2.02. The molecule has 19 heavy (non-hydrogen) atoms. The van der Waals surface area contributed by atoms with Crippen molar-refractivity contribution in [1.82, 2.24) is 9.55 Å². The van der Waals surface area contributed by atoms with Crippen LogP contribution in [0.3, 0.4) is 0 Å². The van der Waals surface area contributed by atoms with Crippen molar-refractivity contribution in [1.29, 1.82) is 0 Å². The summed E-state index contributed by atoms with van der Waals surface area (Å²) >= 11 is 0. The molecule has 100 valence electrons. The minimum absolute atomic E-state index is 0.198. The molecule has 0 spiro atoms. The first kappa shape index (κ1) is 13.1. The molecule has 0 aliphatic carbocycles. The molecule has 0 unspecified atom stereocenters. The standard InChI is InChI=1S/C14H16FN3O/c1-4-7-18-9-10(2)16-14(18)17-11-5-6-12(15)13(8-11)19-3/h4-6,8-9H,1,7H2,2-3H3,(H,16,17). The van der Waals surface area contributed by atoms with E-state index in [0.717, 1.165) is 5.69 Å². The lowest BCUT2D eigenvalue weighted by molar-refractivity contribution is 0.387. The van der Waals surface area contributed by atoms with Gasteiger partial charge in [-0.15, -0.1) is 6.58 Å². The maximum atomic E-state index is 13.3. The summed E-state index contributed by atoms with van der Waals surface area (Å²) < 4.78 is 20.2. The lowest BCUT2D eigenvalue weighted by Gasteiger charge is -2.09. The van der Waals surface area contributed by atoms with Gasteiger partial charge in [0.15, 0.2) is 11.6 Å². The predicted octanol–water partition coefficient (Wildman–Crippen LogP) is 3.27. The summed E-state index contributed by atoms with van der Waals surface area (Å²) in [7, 11) is 1.44. The molecule has 0 atom stereocenters. The van der Waals surface area contributed by atoms with E-state index in [1.165, 1.54) is 13.2 Å². The molecule has 0 bridgehead atoms. The Morgan fingerprint density at radius 2 is 2.32 bits per heavy atom. The molecule has 0 saturated heterocycles. The van der Waals surface area contributed by atoms with Gasteiger partial charge in [0.1, 0.15) is 0 Å². The molecule has 1 N–H and O–H groups in total. The van der Waals surface area contributed by atoms with Crippen LogP contribution in [0.5, 0.6) is 5.75 Å². The van der Waals surface area contributed by atoms with Crippen molar-refractivity contribution in [3.05, 3.63) is 48.6 Å². The molecule has 1 heterocycles. The van der Waals surface area contributed by atoms with Gasteiger partial charge >= 0.3 is 0 Å². The van der Waals surface area contributed by atoms with Gasteiger partial charge in [-0.05, 0) is 19.1 Å². The quantitative estimate of drug-likeness (QED) is 0.840. The van der Waals surface area contributed by atoms with Gasteiger partial charge in [-0.3, -0.25) is 0 Å². The Balaban J connectivity index is 2.27. The molecule has 0 amide bonds. The molecule has 5 heteroatoms. The molecule has 4 nitrogen and oxygen atoms in total. The highest BCUT2D eigenvalue weighted by Crippen LogP contribution is 2.24. The number of methoxy groups -OCH3 is 1. The minimum Gasteiger partial charge on any atom is -0.494 e. The highest BCUT2D eigenvalue weighted by atomic mass is 19.1. The lowest BCUT2D eigenvalue weighted by atomic mass is 10.3. The van der Waals surface area contributed by atoms with Crippen LogP contribution < -0.4 is 10.1 Å². The third-order valence-corrected chi connectivity index (χ3v) is 2.63. The number of hydrogen-bond acceptors (Lipinski definition) is 3. The van der Waals surface area contributed by atoms with E-state index in [-0.39, 0.29) is 5.75 Å². The van der Waals surface area contributed by atoms with Crippen molar-refractivity contribution < 1.29 is 9.13 Å². The van der Waals surface area contributed by atoms with E-state index >= 15 is 0 Å². The largest absolute Gasteiger partial charge is 0.494 e. The van der Waals surface area contributed by atoms with Gasteiger partial charge < -0.3 is 14.6 Å². The third-order valence-electron chi connectivity index (χ3n) is 2.63. The third kappa shape index (κ3) is 2.93. The van der Waals surface area contributed by atoms with Gasteiger partial charge in [0, 0.05) is 24.5 Å². The van der Waals surface area contributed by atoms with Gasteiger partial charge in [-0.2, -0.15) is 0 Å². The SMILES string of the molecule is C=CCn1cc(C)nc1Nc1ccc(F)c(OC)c1. The van der Waals surface area contributed by atoms with E-state index in [9.17, 15) is 4.39 Å². The van der Waals surface area contributed by atoms with Crippen LogP contribution in [0.2, 0.25) is 0 Å². The van der Waals surface area contributed by atoms with Gasteiger partial charge in [-0.1, -0.05) is 6.08 Å². The van der Waals surface area contributed by atoms with Crippen molar-refractivity contribution in [2.24, 2.45) is 0 Å². The molecule has 0 saturated carbocycles. The van der Waals surface area contributed by atoms with Crippen molar-refractivity contribution in [2.45, 2.75) is 13.5 Å². The van der Waals surface area contributed by atoms with Crippen LogP contribution in [-0.4, -0.2) is 16.7 Å². The zero-order chi connectivity index (χ0) is 13.8. The summed E-state index contributed by atoms with van der Waals surface area (Å²) in [5.41, 5.74) is 1.62. The zero-order valence-corrected chi connectivity index (χ0v) is 11.0. The number of hydrogen-bond donors (Lipinski definition) is 1. The van der Waals surface area contributed by atoms with Crippen LogP contribution in [0, 0.1) is 12.7 Å². The fourth-order valence-corrected chi connectivity index (χ4v) is 1.79. The maximum Gasteiger partial charge on any atom is 0.207 e. The molecule has 0 radical (unpaired) electrons. The predicted molar refractivity (Wildman–Crippen MR) is 73.4 cm³/mol. The molecule has 0 aliphatic heterocycles. The highest BCUT2D eigenvalue weighted by Gasteiger charge is 2.07. The number of allylic oxidation sites excluding steroid dienone is 1. The van der Waals surface area contributed by atoms with Crippen LogP contribution in [0.25, 0.3) is 0 Å². The molecule has 2 aromatic rings. The Morgan fingerprint density at radius 1 is 1.53 bits per heavy atom. The van der Waals surface area contributed by atoms with Gasteiger partial charge in [0.05, 0.1) is 12.8 Å². The van der Waals surface area contributed by atoms with E-state index < -0.39 is 5.82 Å². The summed E-state index contributed by atoms with van der Waals surface area (Å²) in [5, 5.41) is 3.14. The average molecular weight is 261 g/mol. The van der Waals surface area contributed by atoms with Crippen molar-refractivity contribution in [3.63, 3.8) is 0 Å². The van der Waals surface area contributed by atoms with Gasteiger partial charge in [0.2, 0.25) is 5.95 Å². The first-order valence-electron chi connectivity index (χ1n) is 5.89. The molecule has 0 fully saturated rings. The number of benzene rings is 1. The molecule has 1 aromatic carbocycles. The monoisotopic (exact) mass is 261 g/mol. The highest BCUT2D eigenvalue weighted by molar-refractivity contribution is 5.56.